The van der Waals surface area contributed by atoms with E-state index in [2.05, 4.69) is 20.1 Å². The lowest BCUT2D eigenvalue weighted by molar-refractivity contribution is -0.139. The number of benzene rings is 1. The molecule has 0 bridgehead atoms. The van der Waals surface area contributed by atoms with E-state index in [-0.39, 0.29) is 12.4 Å². The zero-order valence-corrected chi connectivity index (χ0v) is 13.6. The molecule has 1 aromatic heterocycles. The highest BCUT2D eigenvalue weighted by Gasteiger charge is 2.34. The molecule has 3 rings (SSSR count). The van der Waals surface area contributed by atoms with Crippen molar-refractivity contribution in [3.8, 4) is 5.75 Å². The first kappa shape index (κ1) is 16.9. The van der Waals surface area contributed by atoms with Crippen molar-refractivity contribution in [1.29, 1.82) is 0 Å². The van der Waals surface area contributed by atoms with E-state index in [4.69, 9.17) is 4.74 Å². The molecule has 0 aliphatic carbocycles. The molecule has 25 heavy (non-hydrogen) atoms. The molecule has 0 saturated carbocycles. The van der Waals surface area contributed by atoms with E-state index < -0.39 is 18.6 Å². The average Bonchev–Trinajstić information content (AvgIpc) is 3.02. The Kier molecular flexibility index (Phi) is 4.64. The molecule has 132 valence electrons. The Bertz CT molecular complexity index is 802. The van der Waals surface area contributed by atoms with E-state index in [9.17, 15) is 13.6 Å². The molecule has 1 unspecified atom stereocenters. The summed E-state index contributed by atoms with van der Waals surface area (Å²) in [4.78, 5) is 16.5. The standard InChI is InChI=1S/C16H16F2N4O3/c1-3-24-14(23)12-9(2)21-16-19-8-20-22(16)13(12)10-4-6-11(7-5-10)25-15(17)18/h4-8,13,15H,3H2,1-2H3,(H,19,20,21). The van der Waals surface area contributed by atoms with Crippen molar-refractivity contribution in [2.24, 2.45) is 0 Å². The van der Waals surface area contributed by atoms with Gasteiger partial charge in [0.25, 0.3) is 0 Å². The lowest BCUT2D eigenvalue weighted by atomic mass is 9.96. The van der Waals surface area contributed by atoms with Gasteiger partial charge in [-0.05, 0) is 31.5 Å². The number of hydrogen-bond acceptors (Lipinski definition) is 6. The van der Waals surface area contributed by atoms with Crippen LogP contribution in [-0.2, 0) is 9.53 Å². The van der Waals surface area contributed by atoms with Crippen molar-refractivity contribution in [2.75, 3.05) is 11.9 Å². The number of nitrogens with one attached hydrogen (secondary N) is 1. The van der Waals surface area contributed by atoms with Crippen LogP contribution in [0.25, 0.3) is 0 Å². The van der Waals surface area contributed by atoms with Crippen LogP contribution < -0.4 is 10.1 Å². The fourth-order valence-corrected chi connectivity index (χ4v) is 2.70. The number of anilines is 1. The molecule has 2 heterocycles. The third-order valence-electron chi connectivity index (χ3n) is 3.71. The van der Waals surface area contributed by atoms with E-state index in [0.29, 0.717) is 22.8 Å². The van der Waals surface area contributed by atoms with Gasteiger partial charge in [-0.15, -0.1) is 0 Å². The summed E-state index contributed by atoms with van der Waals surface area (Å²) in [6, 6.07) is 5.45. The van der Waals surface area contributed by atoms with Crippen LogP contribution in [-0.4, -0.2) is 34.0 Å². The quantitative estimate of drug-likeness (QED) is 0.836. The van der Waals surface area contributed by atoms with Crippen molar-refractivity contribution < 1.29 is 23.0 Å². The Morgan fingerprint density at radius 3 is 2.72 bits per heavy atom. The number of nitrogens with zero attached hydrogens (tertiary/aromatic N) is 3. The van der Waals surface area contributed by atoms with Gasteiger partial charge in [-0.25, -0.2) is 9.48 Å². The number of rotatable bonds is 5. The largest absolute Gasteiger partial charge is 0.463 e. The molecule has 0 fully saturated rings. The Labute approximate surface area is 142 Å². The molecule has 7 nitrogen and oxygen atoms in total. The van der Waals surface area contributed by atoms with E-state index in [1.165, 1.54) is 18.5 Å². The zero-order chi connectivity index (χ0) is 18.0. The molecule has 0 spiro atoms. The topological polar surface area (TPSA) is 78.3 Å². The number of halogens is 2. The van der Waals surface area contributed by atoms with Crippen molar-refractivity contribution in [3.63, 3.8) is 0 Å². The van der Waals surface area contributed by atoms with Crippen LogP contribution in [0.5, 0.6) is 5.75 Å². The minimum atomic E-state index is -2.90. The van der Waals surface area contributed by atoms with Crippen molar-refractivity contribution in [1.82, 2.24) is 14.8 Å². The second kappa shape index (κ2) is 6.88. The van der Waals surface area contributed by atoms with Gasteiger partial charge in [-0.1, -0.05) is 12.1 Å². The summed E-state index contributed by atoms with van der Waals surface area (Å²) >= 11 is 0. The molecule has 0 radical (unpaired) electrons. The maximum Gasteiger partial charge on any atom is 0.387 e. The summed E-state index contributed by atoms with van der Waals surface area (Å²) in [7, 11) is 0. The summed E-state index contributed by atoms with van der Waals surface area (Å²) in [6.45, 7) is 0.791. The van der Waals surface area contributed by atoms with E-state index in [1.807, 2.05) is 0 Å². The van der Waals surface area contributed by atoms with E-state index >= 15 is 0 Å². The van der Waals surface area contributed by atoms with Gasteiger partial charge >= 0.3 is 12.6 Å². The lowest BCUT2D eigenvalue weighted by Crippen LogP contribution is -2.29. The lowest BCUT2D eigenvalue weighted by Gasteiger charge is -2.28. The minimum Gasteiger partial charge on any atom is -0.463 e. The fourth-order valence-electron chi connectivity index (χ4n) is 2.70. The molecule has 1 N–H and O–H groups in total. The SMILES string of the molecule is CCOC(=O)C1=C(C)Nc2ncnn2C1c1ccc(OC(F)F)cc1. The molecule has 9 heteroatoms. The Balaban J connectivity index is 2.02. The molecule has 1 aliphatic rings. The van der Waals surface area contributed by atoms with Gasteiger partial charge in [-0.2, -0.15) is 18.9 Å². The molecule has 1 aromatic carbocycles. The fraction of sp³-hybridized carbons (Fsp3) is 0.312. The molecule has 0 saturated heterocycles. The van der Waals surface area contributed by atoms with Gasteiger partial charge in [0.05, 0.1) is 12.2 Å². The zero-order valence-electron chi connectivity index (χ0n) is 13.6. The van der Waals surface area contributed by atoms with E-state index in [1.54, 1.807) is 30.7 Å². The second-order valence-corrected chi connectivity index (χ2v) is 5.26. The predicted molar refractivity (Wildman–Crippen MR) is 84.2 cm³/mol. The summed E-state index contributed by atoms with van der Waals surface area (Å²) < 4.78 is 35.7. The number of fused-ring (bicyclic) bond motifs is 1. The number of hydrogen-bond donors (Lipinski definition) is 1. The van der Waals surface area contributed by atoms with Gasteiger partial charge < -0.3 is 14.8 Å². The number of carbonyl (C=O) groups excluding carboxylic acids is 1. The molecule has 2 aromatic rings. The number of esters is 1. The van der Waals surface area contributed by atoms with Gasteiger partial charge in [0.1, 0.15) is 18.1 Å². The first-order valence-corrected chi connectivity index (χ1v) is 7.60. The summed E-state index contributed by atoms with van der Waals surface area (Å²) in [5, 5.41) is 7.17. The van der Waals surface area contributed by atoms with Crippen LogP contribution in [0.15, 0.2) is 41.9 Å². The van der Waals surface area contributed by atoms with Crippen LogP contribution in [0.4, 0.5) is 14.7 Å². The van der Waals surface area contributed by atoms with Crippen LogP contribution in [0.1, 0.15) is 25.5 Å². The van der Waals surface area contributed by atoms with Gasteiger partial charge in [0.15, 0.2) is 0 Å². The first-order valence-electron chi connectivity index (χ1n) is 7.60. The number of ether oxygens (including phenoxy) is 2. The maximum atomic E-state index is 12.4. The molecular weight excluding hydrogens is 334 g/mol. The average molecular weight is 350 g/mol. The molecule has 0 amide bonds. The third kappa shape index (κ3) is 3.30. The second-order valence-electron chi connectivity index (χ2n) is 5.26. The summed E-state index contributed by atoms with van der Waals surface area (Å²) in [6.07, 6.45) is 1.37. The summed E-state index contributed by atoms with van der Waals surface area (Å²) in [5.41, 5.74) is 1.64. The minimum absolute atomic E-state index is 0.0323. The highest BCUT2D eigenvalue weighted by Crippen LogP contribution is 2.35. The molecule has 1 atom stereocenters. The van der Waals surface area contributed by atoms with E-state index in [0.717, 1.165) is 0 Å². The number of aromatic nitrogens is 3. The van der Waals surface area contributed by atoms with Gasteiger partial charge in [0, 0.05) is 5.70 Å². The van der Waals surface area contributed by atoms with Crippen LogP contribution in [0, 0.1) is 0 Å². The highest BCUT2D eigenvalue weighted by molar-refractivity contribution is 5.92. The number of carbonyl (C=O) groups is 1. The Morgan fingerprint density at radius 1 is 1.36 bits per heavy atom. The highest BCUT2D eigenvalue weighted by atomic mass is 19.3. The Morgan fingerprint density at radius 2 is 2.08 bits per heavy atom. The number of allylic oxidation sites excluding steroid dienone is 1. The monoisotopic (exact) mass is 350 g/mol. The molecular formula is C16H16F2N4O3. The van der Waals surface area contributed by atoms with Crippen molar-refractivity contribution in [2.45, 2.75) is 26.5 Å². The Hall–Kier alpha value is -2.97. The summed E-state index contributed by atoms with van der Waals surface area (Å²) in [5.74, 6) is 0.0277. The first-order chi connectivity index (χ1) is 12.0. The third-order valence-corrected chi connectivity index (χ3v) is 3.71. The maximum absolute atomic E-state index is 12.4. The van der Waals surface area contributed by atoms with Crippen molar-refractivity contribution in [3.05, 3.63) is 47.4 Å². The van der Waals surface area contributed by atoms with Crippen LogP contribution in [0.2, 0.25) is 0 Å². The van der Waals surface area contributed by atoms with Crippen LogP contribution in [0.3, 0.4) is 0 Å². The molecule has 1 aliphatic heterocycles. The smallest absolute Gasteiger partial charge is 0.387 e. The number of alkyl halides is 2. The predicted octanol–water partition coefficient (Wildman–Crippen LogP) is 2.73. The van der Waals surface area contributed by atoms with Gasteiger partial charge in [-0.3, -0.25) is 0 Å². The van der Waals surface area contributed by atoms with Crippen molar-refractivity contribution >= 4 is 11.9 Å². The normalized spacial score (nSPS) is 16.4. The van der Waals surface area contributed by atoms with Crippen LogP contribution >= 0.6 is 0 Å². The van der Waals surface area contributed by atoms with Gasteiger partial charge in [0.2, 0.25) is 5.95 Å².